The standard InChI is InChI=1S/C9H7N3O2/c13-9(14)7-5-11-8(12-7)6-1-3-10-4-2-6/h1-5H,(H,11,12)(H,13,14). The zero-order valence-electron chi connectivity index (χ0n) is 7.14. The summed E-state index contributed by atoms with van der Waals surface area (Å²) in [5.74, 6) is -0.484. The van der Waals surface area contributed by atoms with E-state index in [4.69, 9.17) is 5.11 Å². The molecular formula is C9H7N3O2. The predicted octanol–water partition coefficient (Wildman–Crippen LogP) is 1.17. The minimum Gasteiger partial charge on any atom is -0.477 e. The molecule has 0 fully saturated rings. The molecule has 5 nitrogen and oxygen atoms in total. The second-order valence-electron chi connectivity index (χ2n) is 2.69. The summed E-state index contributed by atoms with van der Waals surface area (Å²) in [6, 6.07) is 3.51. The third-order valence-electron chi connectivity index (χ3n) is 1.76. The Kier molecular flexibility index (Phi) is 1.98. The number of carboxylic acid groups (broad SMARTS) is 1. The van der Waals surface area contributed by atoms with Crippen LogP contribution < -0.4 is 0 Å². The van der Waals surface area contributed by atoms with Crippen LogP contribution in [0.5, 0.6) is 0 Å². The minimum atomic E-state index is -1.02. The van der Waals surface area contributed by atoms with Gasteiger partial charge < -0.3 is 10.1 Å². The van der Waals surface area contributed by atoms with Crippen molar-refractivity contribution >= 4 is 5.97 Å². The van der Waals surface area contributed by atoms with Crippen molar-refractivity contribution in [1.82, 2.24) is 15.0 Å². The van der Waals surface area contributed by atoms with Gasteiger partial charge in [-0.15, -0.1) is 0 Å². The summed E-state index contributed by atoms with van der Waals surface area (Å²) in [5, 5.41) is 8.66. The topological polar surface area (TPSA) is 78.9 Å². The van der Waals surface area contributed by atoms with Crippen LogP contribution >= 0.6 is 0 Å². The third kappa shape index (κ3) is 1.47. The van der Waals surface area contributed by atoms with Crippen molar-refractivity contribution in [2.24, 2.45) is 0 Å². The summed E-state index contributed by atoms with van der Waals surface area (Å²) in [6.07, 6.45) is 4.54. The summed E-state index contributed by atoms with van der Waals surface area (Å²) in [5.41, 5.74) is 0.893. The Morgan fingerprint density at radius 3 is 2.64 bits per heavy atom. The lowest BCUT2D eigenvalue weighted by Gasteiger charge is -1.93. The summed E-state index contributed by atoms with van der Waals surface area (Å²) >= 11 is 0. The molecule has 2 rings (SSSR count). The molecule has 0 aromatic carbocycles. The summed E-state index contributed by atoms with van der Waals surface area (Å²) in [7, 11) is 0. The number of hydrogen-bond donors (Lipinski definition) is 2. The van der Waals surface area contributed by atoms with Crippen LogP contribution in [0.1, 0.15) is 10.5 Å². The van der Waals surface area contributed by atoms with E-state index in [0.717, 1.165) is 5.56 Å². The predicted molar refractivity (Wildman–Crippen MR) is 48.8 cm³/mol. The second-order valence-corrected chi connectivity index (χ2v) is 2.69. The van der Waals surface area contributed by atoms with Gasteiger partial charge in [0.15, 0.2) is 0 Å². The molecule has 2 heterocycles. The van der Waals surface area contributed by atoms with Gasteiger partial charge in [0.1, 0.15) is 11.5 Å². The number of hydrogen-bond acceptors (Lipinski definition) is 3. The molecule has 0 aliphatic carbocycles. The maximum atomic E-state index is 10.6. The van der Waals surface area contributed by atoms with Crippen LogP contribution in [0.15, 0.2) is 30.7 Å². The highest BCUT2D eigenvalue weighted by Gasteiger charge is 2.07. The maximum absolute atomic E-state index is 10.6. The van der Waals surface area contributed by atoms with Gasteiger partial charge in [-0.25, -0.2) is 9.78 Å². The fourth-order valence-corrected chi connectivity index (χ4v) is 1.09. The van der Waals surface area contributed by atoms with Crippen molar-refractivity contribution in [2.45, 2.75) is 0 Å². The number of nitrogens with zero attached hydrogens (tertiary/aromatic N) is 2. The van der Waals surface area contributed by atoms with Gasteiger partial charge in [0.25, 0.3) is 0 Å². The third-order valence-corrected chi connectivity index (χ3v) is 1.76. The zero-order chi connectivity index (χ0) is 9.97. The van der Waals surface area contributed by atoms with E-state index in [1.165, 1.54) is 6.20 Å². The molecule has 2 aromatic heterocycles. The minimum absolute atomic E-state index is 0.0804. The first-order valence-electron chi connectivity index (χ1n) is 3.96. The molecular weight excluding hydrogens is 182 g/mol. The molecule has 0 spiro atoms. The molecule has 0 unspecified atom stereocenters. The van der Waals surface area contributed by atoms with E-state index in [2.05, 4.69) is 15.0 Å². The van der Waals surface area contributed by atoms with E-state index >= 15 is 0 Å². The first-order valence-corrected chi connectivity index (χ1v) is 3.96. The molecule has 2 aromatic rings. The first-order chi connectivity index (χ1) is 6.77. The number of H-pyrrole nitrogens is 1. The molecule has 70 valence electrons. The molecule has 0 bridgehead atoms. The van der Waals surface area contributed by atoms with E-state index in [1.807, 2.05) is 0 Å². The van der Waals surface area contributed by atoms with Crippen LogP contribution in [0, 0.1) is 0 Å². The van der Waals surface area contributed by atoms with Gasteiger partial charge in [-0.2, -0.15) is 0 Å². The number of aromatic carboxylic acids is 1. The Hall–Kier alpha value is -2.17. The van der Waals surface area contributed by atoms with Crippen LogP contribution in [-0.2, 0) is 0 Å². The maximum Gasteiger partial charge on any atom is 0.353 e. The molecule has 14 heavy (non-hydrogen) atoms. The van der Waals surface area contributed by atoms with Gasteiger partial charge in [0.05, 0.1) is 6.20 Å². The molecule has 0 aliphatic heterocycles. The lowest BCUT2D eigenvalue weighted by atomic mass is 10.2. The van der Waals surface area contributed by atoms with Crippen molar-refractivity contribution in [3.63, 3.8) is 0 Å². The lowest BCUT2D eigenvalue weighted by Crippen LogP contribution is -1.95. The molecule has 0 saturated heterocycles. The van der Waals surface area contributed by atoms with Crippen LogP contribution in [0.4, 0.5) is 0 Å². The number of pyridine rings is 1. The van der Waals surface area contributed by atoms with Gasteiger partial charge in [-0.05, 0) is 12.1 Å². The van der Waals surface area contributed by atoms with Crippen molar-refractivity contribution in [3.05, 3.63) is 36.4 Å². The van der Waals surface area contributed by atoms with Crippen molar-refractivity contribution < 1.29 is 9.90 Å². The molecule has 0 atom stereocenters. The largest absolute Gasteiger partial charge is 0.477 e. The summed E-state index contributed by atoms with van der Waals surface area (Å²) < 4.78 is 0. The highest BCUT2D eigenvalue weighted by molar-refractivity contribution is 5.85. The number of carboxylic acids is 1. The lowest BCUT2D eigenvalue weighted by molar-refractivity contribution is 0.0691. The Morgan fingerprint density at radius 1 is 1.36 bits per heavy atom. The molecule has 0 amide bonds. The average Bonchev–Trinajstić information content (AvgIpc) is 2.68. The highest BCUT2D eigenvalue weighted by Crippen LogP contribution is 2.13. The van der Waals surface area contributed by atoms with E-state index in [0.29, 0.717) is 5.82 Å². The van der Waals surface area contributed by atoms with E-state index in [1.54, 1.807) is 24.5 Å². The molecule has 2 N–H and O–H groups in total. The highest BCUT2D eigenvalue weighted by atomic mass is 16.4. The van der Waals surface area contributed by atoms with Crippen molar-refractivity contribution in [3.8, 4) is 11.4 Å². The van der Waals surface area contributed by atoms with E-state index < -0.39 is 5.97 Å². The van der Waals surface area contributed by atoms with Crippen molar-refractivity contribution in [2.75, 3.05) is 0 Å². The zero-order valence-corrected chi connectivity index (χ0v) is 7.14. The fraction of sp³-hybridized carbons (Fsp3) is 0. The van der Waals surface area contributed by atoms with Gasteiger partial charge in [0, 0.05) is 18.0 Å². The monoisotopic (exact) mass is 189 g/mol. The Balaban J connectivity index is 2.39. The van der Waals surface area contributed by atoms with Gasteiger partial charge >= 0.3 is 5.97 Å². The Bertz CT molecular complexity index is 450. The molecule has 0 saturated carbocycles. The molecule has 0 radical (unpaired) electrons. The molecule has 5 heteroatoms. The van der Waals surface area contributed by atoms with Gasteiger partial charge in [-0.1, -0.05) is 0 Å². The van der Waals surface area contributed by atoms with Gasteiger partial charge in [0.2, 0.25) is 0 Å². The summed E-state index contributed by atoms with van der Waals surface area (Å²) in [6.45, 7) is 0. The number of aromatic amines is 1. The van der Waals surface area contributed by atoms with Crippen molar-refractivity contribution in [1.29, 1.82) is 0 Å². The first kappa shape index (κ1) is 8.43. The smallest absolute Gasteiger partial charge is 0.353 e. The number of nitrogens with one attached hydrogen (secondary N) is 1. The normalized spacial score (nSPS) is 10.0. The Labute approximate surface area is 79.5 Å². The Morgan fingerprint density at radius 2 is 2.07 bits per heavy atom. The number of imidazole rings is 1. The second kappa shape index (κ2) is 3.29. The fourth-order valence-electron chi connectivity index (χ4n) is 1.09. The number of carbonyl (C=O) groups is 1. The summed E-state index contributed by atoms with van der Waals surface area (Å²) in [4.78, 5) is 21.1. The average molecular weight is 189 g/mol. The quantitative estimate of drug-likeness (QED) is 0.743. The van der Waals surface area contributed by atoms with Crippen LogP contribution in [0.3, 0.4) is 0 Å². The number of rotatable bonds is 2. The SMILES string of the molecule is O=C(O)c1cnc(-c2ccncc2)[nH]1. The van der Waals surface area contributed by atoms with Crippen LogP contribution in [0.25, 0.3) is 11.4 Å². The van der Waals surface area contributed by atoms with Gasteiger partial charge in [-0.3, -0.25) is 4.98 Å². The van der Waals surface area contributed by atoms with Crippen LogP contribution in [0.2, 0.25) is 0 Å². The number of aromatic nitrogens is 3. The van der Waals surface area contributed by atoms with E-state index in [-0.39, 0.29) is 5.69 Å². The molecule has 0 aliphatic rings. The van der Waals surface area contributed by atoms with E-state index in [9.17, 15) is 4.79 Å². The van der Waals surface area contributed by atoms with Crippen LogP contribution in [-0.4, -0.2) is 26.0 Å².